The van der Waals surface area contributed by atoms with Crippen molar-refractivity contribution in [2.75, 3.05) is 13.2 Å². The Bertz CT molecular complexity index is 843. The lowest BCUT2D eigenvalue weighted by molar-refractivity contribution is -0.0753. The van der Waals surface area contributed by atoms with E-state index in [-0.39, 0.29) is 29.2 Å². The predicted octanol–water partition coefficient (Wildman–Crippen LogP) is 1.79. The maximum atomic E-state index is 13.0. The number of ether oxygens (including phenoxy) is 1. The SMILES string of the molecule is Cc1ccc2ncc(C(=O)N3CCOC4CCCCC43)c(=O)n2c1. The van der Waals surface area contributed by atoms with Gasteiger partial charge in [-0.25, -0.2) is 4.98 Å². The van der Waals surface area contributed by atoms with Crippen LogP contribution in [0.3, 0.4) is 0 Å². The van der Waals surface area contributed by atoms with Crippen molar-refractivity contribution in [1.29, 1.82) is 0 Å². The fourth-order valence-electron chi connectivity index (χ4n) is 3.83. The molecule has 0 N–H and O–H groups in total. The molecule has 24 heavy (non-hydrogen) atoms. The first-order chi connectivity index (χ1) is 11.6. The second-order valence-corrected chi connectivity index (χ2v) is 6.67. The van der Waals surface area contributed by atoms with Crippen LogP contribution in [-0.2, 0) is 4.74 Å². The average molecular weight is 327 g/mol. The minimum absolute atomic E-state index is 0.0811. The van der Waals surface area contributed by atoms with E-state index in [0.29, 0.717) is 18.8 Å². The number of carbonyl (C=O) groups is 1. The van der Waals surface area contributed by atoms with Gasteiger partial charge in [0.1, 0.15) is 11.2 Å². The van der Waals surface area contributed by atoms with Crippen molar-refractivity contribution < 1.29 is 9.53 Å². The molecule has 2 aliphatic rings. The summed E-state index contributed by atoms with van der Waals surface area (Å²) in [6.45, 7) is 2.99. The second-order valence-electron chi connectivity index (χ2n) is 6.67. The summed E-state index contributed by atoms with van der Waals surface area (Å²) >= 11 is 0. The molecule has 1 saturated carbocycles. The van der Waals surface area contributed by atoms with Gasteiger partial charge in [-0.15, -0.1) is 0 Å². The van der Waals surface area contributed by atoms with E-state index >= 15 is 0 Å². The van der Waals surface area contributed by atoms with Crippen LogP contribution in [0.15, 0.2) is 29.3 Å². The van der Waals surface area contributed by atoms with Crippen LogP contribution in [0.4, 0.5) is 0 Å². The molecule has 0 bridgehead atoms. The zero-order valence-corrected chi connectivity index (χ0v) is 13.8. The lowest BCUT2D eigenvalue weighted by Crippen LogP contribution is -2.55. The van der Waals surface area contributed by atoms with Crippen molar-refractivity contribution in [3.05, 3.63) is 46.0 Å². The van der Waals surface area contributed by atoms with Crippen LogP contribution in [0, 0.1) is 6.92 Å². The highest BCUT2D eigenvalue weighted by molar-refractivity contribution is 5.94. The summed E-state index contributed by atoms with van der Waals surface area (Å²) in [6.07, 6.45) is 7.42. The van der Waals surface area contributed by atoms with E-state index in [4.69, 9.17) is 4.74 Å². The number of nitrogens with zero attached hydrogens (tertiary/aromatic N) is 3. The summed E-state index contributed by atoms with van der Waals surface area (Å²) in [5, 5.41) is 0. The summed E-state index contributed by atoms with van der Waals surface area (Å²) in [7, 11) is 0. The Morgan fingerprint density at radius 2 is 2.12 bits per heavy atom. The Balaban J connectivity index is 1.72. The normalized spacial score (nSPS) is 24.0. The molecule has 1 aliphatic heterocycles. The van der Waals surface area contributed by atoms with Crippen molar-refractivity contribution in [2.45, 2.75) is 44.8 Å². The van der Waals surface area contributed by atoms with Crippen molar-refractivity contribution in [3.63, 3.8) is 0 Å². The third-order valence-corrected chi connectivity index (χ3v) is 5.07. The quantitative estimate of drug-likeness (QED) is 0.801. The van der Waals surface area contributed by atoms with E-state index in [0.717, 1.165) is 31.2 Å². The van der Waals surface area contributed by atoms with Crippen molar-refractivity contribution in [1.82, 2.24) is 14.3 Å². The molecule has 1 amide bonds. The third-order valence-electron chi connectivity index (χ3n) is 5.07. The molecule has 2 aromatic rings. The molecule has 0 spiro atoms. The monoisotopic (exact) mass is 327 g/mol. The number of morpholine rings is 1. The molecule has 0 aromatic carbocycles. The number of aryl methyl sites for hydroxylation is 1. The van der Waals surface area contributed by atoms with Gasteiger partial charge >= 0.3 is 0 Å². The maximum absolute atomic E-state index is 13.0. The van der Waals surface area contributed by atoms with E-state index < -0.39 is 0 Å². The Morgan fingerprint density at radius 3 is 3.00 bits per heavy atom. The van der Waals surface area contributed by atoms with E-state index in [9.17, 15) is 9.59 Å². The van der Waals surface area contributed by atoms with Gasteiger partial charge in [0.05, 0.1) is 18.8 Å². The molecule has 126 valence electrons. The molecular weight excluding hydrogens is 306 g/mol. The lowest BCUT2D eigenvalue weighted by atomic mass is 9.90. The number of aromatic nitrogens is 2. The van der Waals surface area contributed by atoms with E-state index in [2.05, 4.69) is 4.98 Å². The van der Waals surface area contributed by atoms with Gasteiger partial charge in [-0.3, -0.25) is 14.0 Å². The smallest absolute Gasteiger partial charge is 0.270 e. The van der Waals surface area contributed by atoms with E-state index in [1.54, 1.807) is 12.3 Å². The van der Waals surface area contributed by atoms with Crippen molar-refractivity contribution >= 4 is 11.6 Å². The highest BCUT2D eigenvalue weighted by Crippen LogP contribution is 2.29. The predicted molar refractivity (Wildman–Crippen MR) is 89.2 cm³/mol. The fraction of sp³-hybridized carbons (Fsp3) is 0.500. The Morgan fingerprint density at radius 1 is 1.29 bits per heavy atom. The second kappa shape index (κ2) is 6.02. The molecule has 2 fully saturated rings. The van der Waals surface area contributed by atoms with Crippen LogP contribution in [0.1, 0.15) is 41.6 Å². The van der Waals surface area contributed by atoms with Crippen LogP contribution < -0.4 is 5.56 Å². The van der Waals surface area contributed by atoms with Gasteiger partial charge in [0.2, 0.25) is 0 Å². The number of hydrogen-bond donors (Lipinski definition) is 0. The summed E-state index contributed by atoms with van der Waals surface area (Å²) in [6, 6.07) is 3.77. The van der Waals surface area contributed by atoms with Gasteiger partial charge in [0, 0.05) is 18.9 Å². The fourth-order valence-corrected chi connectivity index (χ4v) is 3.83. The topological polar surface area (TPSA) is 63.9 Å². The minimum Gasteiger partial charge on any atom is -0.374 e. The number of amides is 1. The lowest BCUT2D eigenvalue weighted by Gasteiger charge is -2.43. The molecule has 1 saturated heterocycles. The summed E-state index contributed by atoms with van der Waals surface area (Å²) in [5.74, 6) is -0.219. The highest BCUT2D eigenvalue weighted by Gasteiger charge is 2.37. The zero-order valence-electron chi connectivity index (χ0n) is 13.8. The van der Waals surface area contributed by atoms with Gasteiger partial charge in [-0.1, -0.05) is 18.9 Å². The van der Waals surface area contributed by atoms with Crippen LogP contribution in [0.5, 0.6) is 0 Å². The molecule has 0 radical (unpaired) electrons. The largest absolute Gasteiger partial charge is 0.374 e. The molecule has 1 aliphatic carbocycles. The first-order valence-corrected chi connectivity index (χ1v) is 8.56. The Kier molecular flexibility index (Phi) is 3.84. The molecule has 2 atom stereocenters. The minimum atomic E-state index is -0.299. The highest BCUT2D eigenvalue weighted by atomic mass is 16.5. The number of fused-ring (bicyclic) bond motifs is 2. The zero-order chi connectivity index (χ0) is 16.7. The Hall–Kier alpha value is -2.21. The Labute approximate surface area is 140 Å². The van der Waals surface area contributed by atoms with E-state index in [1.165, 1.54) is 10.6 Å². The first-order valence-electron chi connectivity index (χ1n) is 8.56. The molecule has 2 unspecified atom stereocenters. The van der Waals surface area contributed by atoms with Crippen LogP contribution in [-0.4, -0.2) is 45.5 Å². The number of hydrogen-bond acceptors (Lipinski definition) is 4. The van der Waals surface area contributed by atoms with Gasteiger partial charge in [-0.05, 0) is 31.4 Å². The maximum Gasteiger partial charge on any atom is 0.270 e. The van der Waals surface area contributed by atoms with Crippen LogP contribution in [0.2, 0.25) is 0 Å². The third kappa shape index (κ3) is 2.51. The number of carbonyl (C=O) groups excluding carboxylic acids is 1. The summed E-state index contributed by atoms with van der Waals surface area (Å²) in [5.41, 5.74) is 1.35. The van der Waals surface area contributed by atoms with Gasteiger partial charge in [0.15, 0.2) is 0 Å². The standard InChI is InChI=1S/C18H21N3O3/c1-12-6-7-16-19-10-13(18(23)21(16)11-12)17(22)20-8-9-24-15-5-3-2-4-14(15)20/h6-7,10-11,14-15H,2-5,8-9H2,1H3. The molecule has 6 nitrogen and oxygen atoms in total. The molecule has 2 aromatic heterocycles. The summed E-state index contributed by atoms with van der Waals surface area (Å²) in [4.78, 5) is 31.9. The van der Waals surface area contributed by atoms with Gasteiger partial charge < -0.3 is 9.64 Å². The van der Waals surface area contributed by atoms with Gasteiger partial charge in [0.25, 0.3) is 11.5 Å². The summed E-state index contributed by atoms with van der Waals surface area (Å²) < 4.78 is 7.28. The number of rotatable bonds is 1. The molecular formula is C18H21N3O3. The first kappa shape index (κ1) is 15.3. The van der Waals surface area contributed by atoms with Crippen molar-refractivity contribution in [2.24, 2.45) is 0 Å². The molecule has 4 rings (SSSR count). The molecule has 3 heterocycles. The van der Waals surface area contributed by atoms with E-state index in [1.807, 2.05) is 17.9 Å². The average Bonchev–Trinajstić information content (AvgIpc) is 2.61. The van der Waals surface area contributed by atoms with Crippen LogP contribution >= 0.6 is 0 Å². The van der Waals surface area contributed by atoms with Crippen molar-refractivity contribution in [3.8, 4) is 0 Å². The van der Waals surface area contributed by atoms with Gasteiger partial charge in [-0.2, -0.15) is 0 Å². The number of pyridine rings is 1. The molecule has 6 heteroatoms. The van der Waals surface area contributed by atoms with Crippen LogP contribution in [0.25, 0.3) is 5.65 Å².